The quantitative estimate of drug-likeness (QED) is 0.194. The first kappa shape index (κ1) is 31.5. The molecule has 0 radical (unpaired) electrons. The summed E-state index contributed by atoms with van der Waals surface area (Å²) in [5, 5.41) is 2.82. The molecule has 0 fully saturated rings. The van der Waals surface area contributed by atoms with Crippen molar-refractivity contribution >= 4 is 40.6 Å². The maximum absolute atomic E-state index is 13.8. The van der Waals surface area contributed by atoms with Gasteiger partial charge in [-0.05, 0) is 74.4 Å². The number of rotatable bonds is 8. The van der Waals surface area contributed by atoms with Crippen molar-refractivity contribution in [1.82, 2.24) is 14.5 Å². The van der Waals surface area contributed by atoms with Gasteiger partial charge in [-0.15, -0.1) is 0 Å². The maximum atomic E-state index is 13.8. The Kier molecular flexibility index (Phi) is 8.89. The summed E-state index contributed by atoms with van der Waals surface area (Å²) in [6.45, 7) is 5.51. The summed E-state index contributed by atoms with van der Waals surface area (Å²) in [5.74, 6) is -0.668. The van der Waals surface area contributed by atoms with Gasteiger partial charge in [-0.2, -0.15) is 0 Å². The molecule has 2 aromatic heterocycles. The smallest absolute Gasteiger partial charge is 0.421 e. The van der Waals surface area contributed by atoms with Crippen LogP contribution in [0.25, 0.3) is 22.2 Å². The van der Waals surface area contributed by atoms with Gasteiger partial charge in [0.2, 0.25) is 11.8 Å². The molecule has 0 aliphatic heterocycles. The molecule has 1 amide bonds. The molecule has 2 heterocycles. The van der Waals surface area contributed by atoms with Crippen molar-refractivity contribution in [2.24, 2.45) is 0 Å². The predicted octanol–water partition coefficient (Wildman–Crippen LogP) is 6.09. The van der Waals surface area contributed by atoms with E-state index in [4.69, 9.17) is 24.7 Å². The summed E-state index contributed by atoms with van der Waals surface area (Å²) in [5.41, 5.74) is 8.20. The average molecular weight is 624 g/mol. The Balaban J connectivity index is 1.50. The molecule has 3 aromatic carbocycles. The number of amides is 1. The molecule has 46 heavy (non-hydrogen) atoms. The predicted molar refractivity (Wildman–Crippen MR) is 172 cm³/mol. The Labute approximate surface area is 265 Å². The number of nitrogens with zero attached hydrogens (tertiary/aromatic N) is 3. The summed E-state index contributed by atoms with van der Waals surface area (Å²) >= 11 is 0. The van der Waals surface area contributed by atoms with E-state index in [1.807, 2.05) is 30.3 Å². The van der Waals surface area contributed by atoms with Crippen LogP contribution in [0, 0.1) is 0 Å². The van der Waals surface area contributed by atoms with Crippen LogP contribution < -0.4 is 20.5 Å². The number of ether oxygens (including phenoxy) is 4. The molecular formula is C34H33N5O7. The molecule has 12 nitrogen and oxygen atoms in total. The molecule has 0 spiro atoms. The first-order valence-corrected chi connectivity index (χ1v) is 14.2. The van der Waals surface area contributed by atoms with Gasteiger partial charge in [0.05, 0.1) is 30.8 Å². The molecule has 0 saturated carbocycles. The molecule has 0 saturated heterocycles. The number of aromatic nitrogens is 3. The van der Waals surface area contributed by atoms with E-state index in [9.17, 15) is 14.4 Å². The lowest BCUT2D eigenvalue weighted by molar-refractivity contribution is 0.0545. The molecule has 0 aliphatic carbocycles. The van der Waals surface area contributed by atoms with Crippen molar-refractivity contribution < 1.29 is 33.3 Å². The second-order valence-corrected chi connectivity index (χ2v) is 11.2. The number of hydrogen-bond acceptors (Lipinski definition) is 10. The van der Waals surface area contributed by atoms with Crippen molar-refractivity contribution in [3.63, 3.8) is 0 Å². The number of methoxy groups -OCH3 is 2. The lowest BCUT2D eigenvalue weighted by Gasteiger charge is -2.20. The zero-order valence-corrected chi connectivity index (χ0v) is 26.0. The minimum absolute atomic E-state index is 0.0253. The maximum Gasteiger partial charge on any atom is 0.421 e. The van der Waals surface area contributed by atoms with Gasteiger partial charge in [0.1, 0.15) is 23.7 Å². The van der Waals surface area contributed by atoms with Gasteiger partial charge in [0.15, 0.2) is 0 Å². The van der Waals surface area contributed by atoms with Gasteiger partial charge in [-0.1, -0.05) is 30.3 Å². The van der Waals surface area contributed by atoms with Crippen molar-refractivity contribution in [1.29, 1.82) is 0 Å². The van der Waals surface area contributed by atoms with E-state index in [0.29, 0.717) is 40.2 Å². The third-order valence-corrected chi connectivity index (χ3v) is 6.74. The highest BCUT2D eigenvalue weighted by Gasteiger charge is 2.25. The van der Waals surface area contributed by atoms with E-state index in [1.165, 1.54) is 14.2 Å². The molecule has 0 unspecified atom stereocenters. The monoisotopic (exact) mass is 623 g/mol. The molecular weight excluding hydrogens is 590 g/mol. The molecule has 5 aromatic rings. The van der Waals surface area contributed by atoms with E-state index in [0.717, 1.165) is 10.1 Å². The van der Waals surface area contributed by atoms with Gasteiger partial charge in [-0.3, -0.25) is 4.79 Å². The summed E-state index contributed by atoms with van der Waals surface area (Å²) in [6, 6.07) is 22.5. The second-order valence-electron chi connectivity index (χ2n) is 11.2. The van der Waals surface area contributed by atoms with Crippen LogP contribution in [0.5, 0.6) is 11.6 Å². The molecule has 0 bridgehead atoms. The summed E-state index contributed by atoms with van der Waals surface area (Å²) in [7, 11) is 2.70. The van der Waals surface area contributed by atoms with Crippen molar-refractivity contribution in [2.45, 2.75) is 33.0 Å². The Hall–Kier alpha value is -5.91. The van der Waals surface area contributed by atoms with Gasteiger partial charge in [-0.25, -0.2) is 24.1 Å². The Morgan fingerprint density at radius 2 is 1.63 bits per heavy atom. The average Bonchev–Trinajstić information content (AvgIpc) is 3.37. The minimum atomic E-state index is -0.768. The highest BCUT2D eigenvalue weighted by Crippen LogP contribution is 2.32. The Bertz CT molecular complexity index is 1930. The van der Waals surface area contributed by atoms with Crippen molar-refractivity contribution in [3.8, 4) is 22.8 Å². The number of nitrogens with one attached hydrogen (secondary N) is 1. The number of carbonyl (C=O) groups excluding carboxylic acids is 3. The second kappa shape index (κ2) is 13.0. The number of pyridine rings is 1. The lowest BCUT2D eigenvalue weighted by Crippen LogP contribution is -2.27. The third kappa shape index (κ3) is 6.91. The fourth-order valence-electron chi connectivity index (χ4n) is 4.67. The summed E-state index contributed by atoms with van der Waals surface area (Å²) < 4.78 is 22.9. The summed E-state index contributed by atoms with van der Waals surface area (Å²) in [4.78, 5) is 48.3. The van der Waals surface area contributed by atoms with Crippen LogP contribution in [0.3, 0.4) is 0 Å². The van der Waals surface area contributed by atoms with Crippen LogP contribution in [0.2, 0.25) is 0 Å². The number of hydrogen-bond donors (Lipinski definition) is 2. The van der Waals surface area contributed by atoms with E-state index >= 15 is 0 Å². The molecule has 5 rings (SSSR count). The fourth-order valence-corrected chi connectivity index (χ4v) is 4.67. The van der Waals surface area contributed by atoms with Crippen LogP contribution in [0.1, 0.15) is 47.2 Å². The molecule has 0 aliphatic rings. The van der Waals surface area contributed by atoms with Crippen LogP contribution in [0.4, 0.5) is 16.4 Å². The molecule has 236 valence electrons. The largest absolute Gasteiger partial charge is 0.489 e. The minimum Gasteiger partial charge on any atom is -0.489 e. The first-order chi connectivity index (χ1) is 22.0. The molecule has 12 heteroatoms. The van der Waals surface area contributed by atoms with Crippen LogP contribution in [-0.2, 0) is 16.1 Å². The number of carbonyl (C=O) groups is 3. The standard InChI is InChI=1S/C34H33N5O7/c1-34(2,3)46-33(42)39-27-17-21(11-15-26(27)37-32(39)35)36-30(40)29-24(14-16-28(38-29)43-4)23-13-12-22(18-25(23)31(41)44-5)45-19-20-9-7-6-8-10-20/h6-18H,19H2,1-5H3,(H2,35,37)(H,36,40). The molecule has 0 atom stereocenters. The number of fused-ring (bicyclic) bond motifs is 1. The third-order valence-electron chi connectivity index (χ3n) is 6.74. The van der Waals surface area contributed by atoms with Gasteiger partial charge in [0, 0.05) is 17.3 Å². The van der Waals surface area contributed by atoms with E-state index in [1.54, 1.807) is 69.3 Å². The highest BCUT2D eigenvalue weighted by molar-refractivity contribution is 6.10. The normalized spacial score (nSPS) is 11.2. The van der Waals surface area contributed by atoms with E-state index in [2.05, 4.69) is 15.3 Å². The topological polar surface area (TPSA) is 157 Å². The Morgan fingerprint density at radius 3 is 2.33 bits per heavy atom. The van der Waals surface area contributed by atoms with Crippen molar-refractivity contribution in [3.05, 3.63) is 95.7 Å². The van der Waals surface area contributed by atoms with Crippen LogP contribution in [-0.4, -0.2) is 52.3 Å². The molecule has 3 N–H and O–H groups in total. The highest BCUT2D eigenvalue weighted by atomic mass is 16.6. The van der Waals surface area contributed by atoms with Crippen LogP contribution >= 0.6 is 0 Å². The first-order valence-electron chi connectivity index (χ1n) is 14.2. The number of imidazole rings is 1. The van der Waals surface area contributed by atoms with E-state index < -0.39 is 23.6 Å². The van der Waals surface area contributed by atoms with Gasteiger partial charge >= 0.3 is 12.1 Å². The fraction of sp³-hybridized carbons (Fsp3) is 0.206. The number of anilines is 2. The van der Waals surface area contributed by atoms with E-state index in [-0.39, 0.29) is 23.1 Å². The number of benzene rings is 3. The lowest BCUT2D eigenvalue weighted by atomic mass is 9.97. The number of nitrogens with two attached hydrogens (primary N) is 1. The van der Waals surface area contributed by atoms with Gasteiger partial charge in [0.25, 0.3) is 5.91 Å². The number of esters is 1. The SMILES string of the molecule is COC(=O)c1cc(OCc2ccccc2)ccc1-c1ccc(OC)nc1C(=O)Nc1ccc2nc(N)n(C(=O)OC(C)(C)C)c2c1. The Morgan fingerprint density at radius 1 is 0.891 bits per heavy atom. The van der Waals surface area contributed by atoms with Crippen molar-refractivity contribution in [2.75, 3.05) is 25.3 Å². The van der Waals surface area contributed by atoms with Crippen LogP contribution in [0.15, 0.2) is 78.9 Å². The summed E-state index contributed by atoms with van der Waals surface area (Å²) in [6.07, 6.45) is -0.709. The zero-order valence-electron chi connectivity index (χ0n) is 26.0. The zero-order chi connectivity index (χ0) is 33.0. The number of nitrogen functional groups attached to an aromatic ring is 1. The van der Waals surface area contributed by atoms with Gasteiger partial charge < -0.3 is 30.0 Å².